The molecule has 3 amide bonds. The summed E-state index contributed by atoms with van der Waals surface area (Å²) < 4.78 is 7.06. The summed E-state index contributed by atoms with van der Waals surface area (Å²) in [5.41, 5.74) is 12.9. The van der Waals surface area contributed by atoms with Crippen LogP contribution in [0.5, 0.6) is 0 Å². The van der Waals surface area contributed by atoms with Crippen molar-refractivity contribution < 1.29 is 19.1 Å². The first-order chi connectivity index (χ1) is 29.2. The molecule has 0 aliphatic carbocycles. The van der Waals surface area contributed by atoms with E-state index in [0.29, 0.717) is 24.6 Å². The first-order valence-electron chi connectivity index (χ1n) is 20.8. The highest BCUT2D eigenvalue weighted by Crippen LogP contribution is 2.37. The Labute approximate surface area is 349 Å². The molecular formula is C46H52N10O4. The molecule has 310 valence electrons. The summed E-state index contributed by atoms with van der Waals surface area (Å²) in [5.74, 6) is 1.30. The molecular weight excluding hydrogens is 757 g/mol. The lowest BCUT2D eigenvalue weighted by Crippen LogP contribution is -2.43. The fourth-order valence-corrected chi connectivity index (χ4v) is 8.78. The Morgan fingerprint density at radius 2 is 1.27 bits per heavy atom. The number of hydrogen-bond acceptors (Lipinski definition) is 8. The Kier molecular flexibility index (Phi) is 11.9. The Balaban J connectivity index is 0.923. The largest absolute Gasteiger partial charge is 0.436 e. The van der Waals surface area contributed by atoms with Gasteiger partial charge in [-0.2, -0.15) is 0 Å². The van der Waals surface area contributed by atoms with Gasteiger partial charge in [-0.15, -0.1) is 0 Å². The molecule has 2 fully saturated rings. The molecule has 14 nitrogen and oxygen atoms in total. The third-order valence-electron chi connectivity index (χ3n) is 11.8. The van der Waals surface area contributed by atoms with Crippen molar-refractivity contribution in [2.75, 3.05) is 26.2 Å². The normalized spacial score (nSPS) is 17.6. The van der Waals surface area contributed by atoms with Crippen molar-refractivity contribution in [2.45, 2.75) is 70.2 Å². The molecule has 2 aliphatic rings. The number of carbonyl (C=O) groups is 3. The highest BCUT2D eigenvalue weighted by atomic mass is 16.6. The Bertz CT molecular complexity index is 2400. The highest BCUT2D eigenvalue weighted by molar-refractivity contribution is 5.85. The van der Waals surface area contributed by atoms with Gasteiger partial charge in [-0.1, -0.05) is 92.7 Å². The number of aromatic amines is 2. The minimum atomic E-state index is -1.08. The molecule has 0 bridgehead atoms. The van der Waals surface area contributed by atoms with E-state index in [0.717, 1.165) is 83.8 Å². The first-order valence-corrected chi connectivity index (χ1v) is 20.8. The highest BCUT2D eigenvalue weighted by Gasteiger charge is 2.39. The van der Waals surface area contributed by atoms with E-state index in [1.54, 1.807) is 28.2 Å². The molecule has 3 aromatic heterocycles. The number of carbonyl (C=O) groups excluding carboxylic acids is 3. The van der Waals surface area contributed by atoms with Gasteiger partial charge < -0.3 is 34.8 Å². The molecule has 5 heterocycles. The maximum Gasteiger partial charge on any atom is 0.405 e. The summed E-state index contributed by atoms with van der Waals surface area (Å²) in [4.78, 5) is 66.4. The van der Waals surface area contributed by atoms with Gasteiger partial charge in [-0.25, -0.2) is 19.7 Å². The minimum Gasteiger partial charge on any atom is -0.436 e. The van der Waals surface area contributed by atoms with Gasteiger partial charge in [0.1, 0.15) is 17.7 Å². The van der Waals surface area contributed by atoms with Crippen molar-refractivity contribution in [1.29, 1.82) is 0 Å². The predicted molar refractivity (Wildman–Crippen MR) is 228 cm³/mol. The standard InChI is InChI=1S/C46H52N10O4/c1-4-54(5-2)41(34-11-7-6-8-12-34)45(58)56-24-10-14-39(56)43-49-27-37(52-43)33-21-17-31(18-22-33)30-15-19-32(20-16-30)36-26-48-42(51-36)38-13-9-23-55(38)44(57)40(60-46(47)59)25-35-28-53(3)29-50-35/h6-8,11-12,15-22,26-29,38-41H,4-5,9-10,13-14,23-25H2,1-3H3,(H2,47,59)(H,48,51)(H,49,52)/t38-,39-,40-,41+/m0/s1. The molecule has 0 radical (unpaired) electrons. The van der Waals surface area contributed by atoms with Gasteiger partial charge in [0, 0.05) is 32.8 Å². The van der Waals surface area contributed by atoms with Crippen LogP contribution in [0.2, 0.25) is 0 Å². The maximum atomic E-state index is 14.2. The van der Waals surface area contributed by atoms with Crippen molar-refractivity contribution in [1.82, 2.24) is 44.2 Å². The van der Waals surface area contributed by atoms with E-state index in [4.69, 9.17) is 15.5 Å². The number of hydrogen-bond donors (Lipinski definition) is 3. The Morgan fingerprint density at radius 1 is 0.750 bits per heavy atom. The topological polar surface area (TPSA) is 171 Å². The van der Waals surface area contributed by atoms with E-state index in [1.807, 2.05) is 36.3 Å². The number of aryl methyl sites for hydroxylation is 1. The lowest BCUT2D eigenvalue weighted by Gasteiger charge is -2.34. The maximum absolute atomic E-state index is 14.2. The van der Waals surface area contributed by atoms with Crippen LogP contribution in [0, 0.1) is 0 Å². The van der Waals surface area contributed by atoms with Crippen LogP contribution in [-0.4, -0.2) is 94.4 Å². The number of imidazole rings is 3. The zero-order chi connectivity index (χ0) is 41.8. The van der Waals surface area contributed by atoms with Crippen LogP contribution < -0.4 is 5.73 Å². The smallest absolute Gasteiger partial charge is 0.405 e. The van der Waals surface area contributed by atoms with Crippen molar-refractivity contribution in [3.63, 3.8) is 0 Å². The van der Waals surface area contributed by atoms with Crippen molar-refractivity contribution in [3.05, 3.63) is 127 Å². The van der Waals surface area contributed by atoms with Crippen LogP contribution in [-0.2, 0) is 27.8 Å². The molecule has 0 spiro atoms. The summed E-state index contributed by atoms with van der Waals surface area (Å²) in [6.45, 7) is 7.01. The fourth-order valence-electron chi connectivity index (χ4n) is 8.78. The number of ether oxygens (including phenoxy) is 1. The number of amides is 3. The van der Waals surface area contributed by atoms with Gasteiger partial charge in [0.05, 0.1) is 47.9 Å². The second-order valence-corrected chi connectivity index (χ2v) is 15.6. The van der Waals surface area contributed by atoms with Gasteiger partial charge in [0.15, 0.2) is 6.10 Å². The lowest BCUT2D eigenvalue weighted by atomic mass is 10.0. The third kappa shape index (κ3) is 8.46. The average Bonchev–Trinajstić information content (AvgIpc) is 4.13. The van der Waals surface area contributed by atoms with Crippen molar-refractivity contribution in [2.24, 2.45) is 12.8 Å². The van der Waals surface area contributed by atoms with E-state index < -0.39 is 12.2 Å². The monoisotopic (exact) mass is 808 g/mol. The van der Waals surface area contributed by atoms with E-state index in [9.17, 15) is 14.4 Å². The second-order valence-electron chi connectivity index (χ2n) is 15.6. The molecule has 60 heavy (non-hydrogen) atoms. The van der Waals surface area contributed by atoms with Crippen LogP contribution in [0.1, 0.15) is 80.6 Å². The van der Waals surface area contributed by atoms with Gasteiger partial charge in [-0.05, 0) is 66.6 Å². The number of nitrogens with zero attached hydrogens (tertiary/aromatic N) is 7. The number of aromatic nitrogens is 6. The van der Waals surface area contributed by atoms with E-state index in [1.165, 1.54) is 0 Å². The molecule has 2 saturated heterocycles. The number of primary amides is 1. The quantitative estimate of drug-likeness (QED) is 0.106. The number of benzene rings is 3. The van der Waals surface area contributed by atoms with Crippen molar-refractivity contribution >= 4 is 17.9 Å². The van der Waals surface area contributed by atoms with Crippen LogP contribution in [0.4, 0.5) is 4.79 Å². The number of likely N-dealkylation sites (tertiary alicyclic amines) is 2. The van der Waals surface area contributed by atoms with E-state index in [2.05, 4.69) is 99.3 Å². The molecule has 4 atom stereocenters. The lowest BCUT2D eigenvalue weighted by molar-refractivity contribution is -0.141. The molecule has 8 rings (SSSR count). The molecule has 14 heteroatoms. The Hall–Kier alpha value is -6.54. The number of rotatable bonds is 14. The van der Waals surface area contributed by atoms with Crippen molar-refractivity contribution in [3.8, 4) is 33.6 Å². The summed E-state index contributed by atoms with van der Waals surface area (Å²) in [5, 5.41) is 0. The fraction of sp³-hybridized carbons (Fsp3) is 0.348. The zero-order valence-corrected chi connectivity index (χ0v) is 34.3. The molecule has 0 saturated carbocycles. The van der Waals surface area contributed by atoms with Crippen LogP contribution in [0.15, 0.2) is 104 Å². The first kappa shape index (κ1) is 40.2. The number of likely N-dealkylation sites (N-methyl/N-ethyl adjacent to an activating group) is 1. The molecule has 0 unspecified atom stereocenters. The third-order valence-corrected chi connectivity index (χ3v) is 11.8. The van der Waals surface area contributed by atoms with Crippen LogP contribution in [0.25, 0.3) is 33.6 Å². The van der Waals surface area contributed by atoms with Crippen LogP contribution >= 0.6 is 0 Å². The molecule has 2 aliphatic heterocycles. The summed E-state index contributed by atoms with van der Waals surface area (Å²) in [7, 11) is 1.83. The van der Waals surface area contributed by atoms with Gasteiger partial charge in [-0.3, -0.25) is 14.5 Å². The molecule has 3 aromatic carbocycles. The van der Waals surface area contributed by atoms with Crippen LogP contribution in [0.3, 0.4) is 0 Å². The molecule has 4 N–H and O–H groups in total. The number of nitrogens with two attached hydrogens (primary N) is 1. The summed E-state index contributed by atoms with van der Waals surface area (Å²) in [6, 6.07) is 26.0. The second kappa shape index (κ2) is 17.8. The molecule has 6 aromatic rings. The zero-order valence-electron chi connectivity index (χ0n) is 34.3. The van der Waals surface area contributed by atoms with Gasteiger partial charge >= 0.3 is 6.09 Å². The SMILES string of the molecule is CCN(CC)[C@@H](C(=O)N1CCC[C@H]1c1ncc(-c2ccc(-c3ccc(-c4cnc([C@@H]5CCCN5C(=O)[C@H](Cc5cn(C)cn5)OC(N)=O)[nH]4)cc3)cc2)[nH]1)c1ccccc1. The Morgan fingerprint density at radius 3 is 1.75 bits per heavy atom. The number of nitrogens with one attached hydrogen (secondary N) is 2. The minimum absolute atomic E-state index is 0.103. The van der Waals surface area contributed by atoms with Gasteiger partial charge in [0.2, 0.25) is 5.91 Å². The van der Waals surface area contributed by atoms with E-state index >= 15 is 0 Å². The summed E-state index contributed by atoms with van der Waals surface area (Å²) in [6.07, 6.45) is 8.45. The van der Waals surface area contributed by atoms with Gasteiger partial charge in [0.25, 0.3) is 5.91 Å². The summed E-state index contributed by atoms with van der Waals surface area (Å²) >= 11 is 0. The average molecular weight is 809 g/mol. The van der Waals surface area contributed by atoms with E-state index in [-0.39, 0.29) is 36.4 Å². The number of H-pyrrole nitrogens is 2. The predicted octanol–water partition coefficient (Wildman–Crippen LogP) is 6.98.